The quantitative estimate of drug-likeness (QED) is 0.862. The van der Waals surface area contributed by atoms with Crippen LogP contribution in [0.2, 0.25) is 0 Å². The molecular formula is C15H21NO2. The molecule has 98 valence electrons. The summed E-state index contributed by atoms with van der Waals surface area (Å²) in [4.78, 5) is 12.0. The maximum absolute atomic E-state index is 12.0. The standard InChI is InChI=1S/C15H21NO2/c1-11-6-5-9-13(14(11)17)15(18)16-10-12-7-3-2-4-8-12/h5-6,9,12,17H,2-4,7-8,10H2,1H3,(H,16,18). The van der Waals surface area contributed by atoms with Gasteiger partial charge in [-0.25, -0.2) is 0 Å². The van der Waals surface area contributed by atoms with Crippen LogP contribution in [0.3, 0.4) is 0 Å². The van der Waals surface area contributed by atoms with E-state index in [1.807, 2.05) is 0 Å². The summed E-state index contributed by atoms with van der Waals surface area (Å²) >= 11 is 0. The van der Waals surface area contributed by atoms with Crippen molar-refractivity contribution in [3.63, 3.8) is 0 Å². The number of nitrogens with one attached hydrogen (secondary N) is 1. The molecule has 0 atom stereocenters. The first-order chi connectivity index (χ1) is 8.68. The number of carbonyl (C=O) groups excluding carboxylic acids is 1. The maximum atomic E-state index is 12.0. The number of hydrogen-bond donors (Lipinski definition) is 2. The highest BCUT2D eigenvalue weighted by atomic mass is 16.3. The first-order valence-corrected chi connectivity index (χ1v) is 6.75. The third-order valence-corrected chi connectivity index (χ3v) is 3.76. The fourth-order valence-electron chi connectivity index (χ4n) is 2.57. The molecule has 0 spiro atoms. The largest absolute Gasteiger partial charge is 0.507 e. The third-order valence-electron chi connectivity index (χ3n) is 3.76. The van der Waals surface area contributed by atoms with Gasteiger partial charge in [-0.3, -0.25) is 4.79 Å². The van der Waals surface area contributed by atoms with Gasteiger partial charge in [-0.15, -0.1) is 0 Å². The Balaban J connectivity index is 1.93. The summed E-state index contributed by atoms with van der Waals surface area (Å²) in [6.07, 6.45) is 6.29. The summed E-state index contributed by atoms with van der Waals surface area (Å²) in [7, 11) is 0. The average molecular weight is 247 g/mol. The van der Waals surface area contributed by atoms with E-state index in [9.17, 15) is 9.90 Å². The van der Waals surface area contributed by atoms with Crippen molar-refractivity contribution < 1.29 is 9.90 Å². The summed E-state index contributed by atoms with van der Waals surface area (Å²) in [5.74, 6) is 0.537. The Morgan fingerprint density at radius 3 is 2.78 bits per heavy atom. The van der Waals surface area contributed by atoms with Gasteiger partial charge < -0.3 is 10.4 Å². The highest BCUT2D eigenvalue weighted by Crippen LogP contribution is 2.24. The van der Waals surface area contributed by atoms with Crippen molar-refractivity contribution in [3.05, 3.63) is 29.3 Å². The van der Waals surface area contributed by atoms with Crippen LogP contribution < -0.4 is 5.32 Å². The Bertz CT molecular complexity index is 423. The van der Waals surface area contributed by atoms with Crippen LogP contribution in [-0.2, 0) is 0 Å². The molecule has 1 amide bonds. The zero-order chi connectivity index (χ0) is 13.0. The second kappa shape index (κ2) is 5.89. The van der Waals surface area contributed by atoms with E-state index in [1.54, 1.807) is 25.1 Å². The van der Waals surface area contributed by atoms with Crippen LogP contribution in [0.15, 0.2) is 18.2 Å². The van der Waals surface area contributed by atoms with Crippen molar-refractivity contribution in [2.24, 2.45) is 5.92 Å². The fourth-order valence-corrected chi connectivity index (χ4v) is 2.57. The molecule has 3 heteroatoms. The second-order valence-corrected chi connectivity index (χ2v) is 5.19. The molecule has 1 aromatic carbocycles. The third kappa shape index (κ3) is 3.03. The van der Waals surface area contributed by atoms with E-state index in [0.717, 1.165) is 12.1 Å². The summed E-state index contributed by atoms with van der Waals surface area (Å²) in [5, 5.41) is 12.8. The molecule has 18 heavy (non-hydrogen) atoms. The van der Waals surface area contributed by atoms with Gasteiger partial charge in [0.1, 0.15) is 5.75 Å². The van der Waals surface area contributed by atoms with Gasteiger partial charge in [0.2, 0.25) is 0 Å². The Morgan fingerprint density at radius 1 is 1.33 bits per heavy atom. The van der Waals surface area contributed by atoms with Gasteiger partial charge in [0.05, 0.1) is 5.56 Å². The molecule has 0 radical (unpaired) electrons. The molecular weight excluding hydrogens is 226 g/mol. The number of benzene rings is 1. The first-order valence-electron chi connectivity index (χ1n) is 6.75. The van der Waals surface area contributed by atoms with E-state index >= 15 is 0 Å². The van der Waals surface area contributed by atoms with Crippen molar-refractivity contribution in [2.75, 3.05) is 6.54 Å². The second-order valence-electron chi connectivity index (χ2n) is 5.19. The summed E-state index contributed by atoms with van der Waals surface area (Å²) in [5.41, 5.74) is 1.12. The zero-order valence-electron chi connectivity index (χ0n) is 10.9. The molecule has 0 unspecified atom stereocenters. The molecule has 1 aromatic rings. The van der Waals surface area contributed by atoms with Gasteiger partial charge >= 0.3 is 0 Å². The molecule has 0 bridgehead atoms. The lowest BCUT2D eigenvalue weighted by Crippen LogP contribution is -2.30. The topological polar surface area (TPSA) is 49.3 Å². The van der Waals surface area contributed by atoms with Gasteiger partial charge in [-0.2, -0.15) is 0 Å². The van der Waals surface area contributed by atoms with Crippen molar-refractivity contribution >= 4 is 5.91 Å². The molecule has 3 nitrogen and oxygen atoms in total. The fraction of sp³-hybridized carbons (Fsp3) is 0.533. The highest BCUT2D eigenvalue weighted by Gasteiger charge is 2.16. The summed E-state index contributed by atoms with van der Waals surface area (Å²) < 4.78 is 0. The molecule has 1 aliphatic rings. The first kappa shape index (κ1) is 12.9. The summed E-state index contributed by atoms with van der Waals surface area (Å²) in [6.45, 7) is 2.53. The number of amides is 1. The number of phenols is 1. The molecule has 0 heterocycles. The van der Waals surface area contributed by atoms with Gasteiger partial charge in [-0.05, 0) is 37.3 Å². The molecule has 0 saturated heterocycles. The minimum Gasteiger partial charge on any atom is -0.507 e. The van der Waals surface area contributed by atoms with Crippen LogP contribution in [0.4, 0.5) is 0 Å². The SMILES string of the molecule is Cc1cccc(C(=O)NCC2CCCCC2)c1O. The Morgan fingerprint density at radius 2 is 2.06 bits per heavy atom. The molecule has 2 N–H and O–H groups in total. The predicted octanol–water partition coefficient (Wildman–Crippen LogP) is 3.01. The van der Waals surface area contributed by atoms with Crippen LogP contribution in [-0.4, -0.2) is 17.6 Å². The van der Waals surface area contributed by atoms with Crippen LogP contribution >= 0.6 is 0 Å². The van der Waals surface area contributed by atoms with E-state index in [2.05, 4.69) is 5.32 Å². The predicted molar refractivity (Wildman–Crippen MR) is 71.8 cm³/mol. The lowest BCUT2D eigenvalue weighted by Gasteiger charge is -2.21. The molecule has 1 aliphatic carbocycles. The molecule has 1 fully saturated rings. The number of carbonyl (C=O) groups is 1. The van der Waals surface area contributed by atoms with E-state index in [0.29, 0.717) is 11.5 Å². The van der Waals surface area contributed by atoms with Gasteiger partial charge in [0.15, 0.2) is 0 Å². The number of rotatable bonds is 3. The van der Waals surface area contributed by atoms with Crippen LogP contribution in [0, 0.1) is 12.8 Å². The van der Waals surface area contributed by atoms with Crippen molar-refractivity contribution in [1.82, 2.24) is 5.32 Å². The zero-order valence-corrected chi connectivity index (χ0v) is 10.9. The lowest BCUT2D eigenvalue weighted by molar-refractivity contribution is 0.0941. The average Bonchev–Trinajstić information content (AvgIpc) is 2.40. The van der Waals surface area contributed by atoms with E-state index in [-0.39, 0.29) is 11.7 Å². The molecule has 1 saturated carbocycles. The number of aryl methyl sites for hydroxylation is 1. The van der Waals surface area contributed by atoms with E-state index in [1.165, 1.54) is 32.1 Å². The molecule has 2 rings (SSSR count). The summed E-state index contributed by atoms with van der Waals surface area (Å²) in [6, 6.07) is 5.26. The Labute approximate surface area is 108 Å². The molecule has 0 aromatic heterocycles. The molecule has 0 aliphatic heterocycles. The Kier molecular flexibility index (Phi) is 4.24. The van der Waals surface area contributed by atoms with Crippen LogP contribution in [0.25, 0.3) is 0 Å². The smallest absolute Gasteiger partial charge is 0.255 e. The number of aromatic hydroxyl groups is 1. The van der Waals surface area contributed by atoms with Gasteiger partial charge in [-0.1, -0.05) is 31.4 Å². The maximum Gasteiger partial charge on any atom is 0.255 e. The normalized spacial score (nSPS) is 16.5. The van der Waals surface area contributed by atoms with Crippen LogP contribution in [0.1, 0.15) is 48.0 Å². The van der Waals surface area contributed by atoms with E-state index in [4.69, 9.17) is 0 Å². The number of hydrogen-bond acceptors (Lipinski definition) is 2. The minimum atomic E-state index is -0.165. The number of phenolic OH excluding ortho intramolecular Hbond substituents is 1. The van der Waals surface area contributed by atoms with Crippen molar-refractivity contribution in [2.45, 2.75) is 39.0 Å². The van der Waals surface area contributed by atoms with Crippen molar-refractivity contribution in [3.8, 4) is 5.75 Å². The van der Waals surface area contributed by atoms with Gasteiger partial charge in [0, 0.05) is 6.54 Å². The Hall–Kier alpha value is -1.51. The van der Waals surface area contributed by atoms with Crippen LogP contribution in [0.5, 0.6) is 5.75 Å². The monoisotopic (exact) mass is 247 g/mol. The minimum absolute atomic E-state index is 0.0960. The van der Waals surface area contributed by atoms with E-state index < -0.39 is 0 Å². The highest BCUT2D eigenvalue weighted by molar-refractivity contribution is 5.97. The van der Waals surface area contributed by atoms with Crippen molar-refractivity contribution in [1.29, 1.82) is 0 Å². The number of para-hydroxylation sites is 1. The van der Waals surface area contributed by atoms with Gasteiger partial charge in [0.25, 0.3) is 5.91 Å². The lowest BCUT2D eigenvalue weighted by atomic mass is 9.89.